The number of rotatable bonds is 1. The molecule has 0 radical (unpaired) electrons. The summed E-state index contributed by atoms with van der Waals surface area (Å²) in [7, 11) is -3.46. The minimum atomic E-state index is -3.46. The smallest absolute Gasteiger partial charge is 0.245 e. The predicted octanol–water partition coefficient (Wildman–Crippen LogP) is 0.531. The van der Waals surface area contributed by atoms with Crippen molar-refractivity contribution >= 4 is 10.0 Å². The van der Waals surface area contributed by atoms with Crippen molar-refractivity contribution < 1.29 is 13.2 Å². The normalized spacial score (nSPS) is 23.7. The van der Waals surface area contributed by atoms with E-state index in [2.05, 4.69) is 9.71 Å². The van der Waals surface area contributed by atoms with Crippen LogP contribution in [0.1, 0.15) is 13.3 Å². The van der Waals surface area contributed by atoms with Gasteiger partial charge in [-0.3, -0.25) is 4.98 Å². The van der Waals surface area contributed by atoms with Crippen LogP contribution in [-0.4, -0.2) is 26.1 Å². The van der Waals surface area contributed by atoms with E-state index >= 15 is 0 Å². The molecule has 1 unspecified atom stereocenters. The molecule has 1 aromatic rings. The van der Waals surface area contributed by atoms with Crippen LogP contribution in [0.2, 0.25) is 0 Å². The van der Waals surface area contributed by atoms with Gasteiger partial charge >= 0.3 is 0 Å². The van der Waals surface area contributed by atoms with Crippen LogP contribution in [0.5, 0.6) is 5.75 Å². The van der Waals surface area contributed by atoms with Crippen LogP contribution in [0, 0.1) is 0 Å². The van der Waals surface area contributed by atoms with E-state index in [-0.39, 0.29) is 11.0 Å². The number of sulfonamides is 1. The number of hydrogen-bond donors (Lipinski definition) is 1. The van der Waals surface area contributed by atoms with Gasteiger partial charge in [-0.25, -0.2) is 13.1 Å². The number of aromatic nitrogens is 1. The van der Waals surface area contributed by atoms with Gasteiger partial charge in [0.2, 0.25) is 10.0 Å². The van der Waals surface area contributed by atoms with Crippen LogP contribution in [0.4, 0.5) is 0 Å². The molecular formula is C9H12N2O3S. The number of hydrogen-bond acceptors (Lipinski definition) is 4. The Kier molecular flexibility index (Phi) is 2.62. The maximum atomic E-state index is 11.7. The van der Waals surface area contributed by atoms with Crippen molar-refractivity contribution in [3.63, 3.8) is 0 Å². The zero-order valence-corrected chi connectivity index (χ0v) is 9.12. The van der Waals surface area contributed by atoms with Crippen molar-refractivity contribution in [3.8, 4) is 5.75 Å². The molecule has 0 spiro atoms. The average molecular weight is 228 g/mol. The second-order valence-corrected chi connectivity index (χ2v) is 5.06. The second-order valence-electron chi connectivity index (χ2n) is 3.32. The van der Waals surface area contributed by atoms with Gasteiger partial charge in [-0.15, -0.1) is 0 Å². The lowest BCUT2D eigenvalue weighted by molar-refractivity contribution is 0.200. The van der Waals surface area contributed by atoms with Gasteiger partial charge in [0.05, 0.1) is 6.20 Å². The summed E-state index contributed by atoms with van der Waals surface area (Å²) in [6, 6.07) is 1.57. The van der Waals surface area contributed by atoms with E-state index in [9.17, 15) is 8.42 Å². The van der Waals surface area contributed by atoms with Crippen molar-refractivity contribution in [3.05, 3.63) is 18.5 Å². The molecule has 1 aliphatic heterocycles. The van der Waals surface area contributed by atoms with Gasteiger partial charge < -0.3 is 4.74 Å². The monoisotopic (exact) mass is 228 g/mol. The summed E-state index contributed by atoms with van der Waals surface area (Å²) in [5, 5.41) is 0. The highest BCUT2D eigenvalue weighted by atomic mass is 32.2. The van der Waals surface area contributed by atoms with E-state index in [0.29, 0.717) is 12.3 Å². The van der Waals surface area contributed by atoms with Gasteiger partial charge in [-0.1, -0.05) is 6.92 Å². The molecule has 0 aliphatic carbocycles. The van der Waals surface area contributed by atoms with Crippen molar-refractivity contribution in [2.75, 3.05) is 6.54 Å². The molecule has 6 heteroatoms. The Morgan fingerprint density at radius 3 is 3.20 bits per heavy atom. The van der Waals surface area contributed by atoms with Crippen molar-refractivity contribution in [1.82, 2.24) is 9.71 Å². The average Bonchev–Trinajstić information content (AvgIpc) is 2.36. The predicted molar refractivity (Wildman–Crippen MR) is 54.1 cm³/mol. The SMILES string of the molecule is CCC1CNS(=O)(=O)c2cnccc2O1. The van der Waals surface area contributed by atoms with Gasteiger partial charge in [0, 0.05) is 12.7 Å². The molecule has 0 bridgehead atoms. The Balaban J connectivity index is 2.50. The maximum Gasteiger partial charge on any atom is 0.245 e. The minimum absolute atomic E-state index is 0.112. The zero-order valence-electron chi connectivity index (χ0n) is 8.30. The van der Waals surface area contributed by atoms with Crippen molar-refractivity contribution in [2.24, 2.45) is 0 Å². The Morgan fingerprint density at radius 1 is 1.67 bits per heavy atom. The Labute approximate surface area is 88.5 Å². The fraction of sp³-hybridized carbons (Fsp3) is 0.444. The number of nitrogens with zero attached hydrogens (tertiary/aromatic N) is 1. The highest BCUT2D eigenvalue weighted by molar-refractivity contribution is 7.89. The standard InChI is InChI=1S/C9H12N2O3S/c1-2-7-5-11-15(12,13)9-6-10-4-3-8(9)14-7/h3-4,6-7,11H,2,5H2,1H3. The third kappa shape index (κ3) is 1.95. The molecular weight excluding hydrogens is 216 g/mol. The summed E-state index contributed by atoms with van der Waals surface area (Å²) in [5.41, 5.74) is 0. The van der Waals surface area contributed by atoms with E-state index in [4.69, 9.17) is 4.74 Å². The van der Waals surface area contributed by atoms with Crippen LogP contribution < -0.4 is 9.46 Å². The first kappa shape index (κ1) is 10.4. The molecule has 1 aromatic heterocycles. The molecule has 82 valence electrons. The fourth-order valence-electron chi connectivity index (χ4n) is 1.40. The molecule has 1 aliphatic rings. The third-order valence-corrected chi connectivity index (χ3v) is 3.72. The first-order valence-corrected chi connectivity index (χ1v) is 6.22. The van der Waals surface area contributed by atoms with Gasteiger partial charge in [0.1, 0.15) is 16.7 Å². The lowest BCUT2D eigenvalue weighted by Gasteiger charge is -2.13. The molecule has 1 atom stereocenters. The summed E-state index contributed by atoms with van der Waals surface area (Å²) < 4.78 is 31.5. The molecule has 0 saturated carbocycles. The van der Waals surface area contributed by atoms with Crippen LogP contribution in [0.3, 0.4) is 0 Å². The number of nitrogens with one attached hydrogen (secondary N) is 1. The van der Waals surface area contributed by atoms with Crippen LogP contribution in [-0.2, 0) is 10.0 Å². The van der Waals surface area contributed by atoms with Gasteiger partial charge in [0.15, 0.2) is 0 Å². The fourth-order valence-corrected chi connectivity index (χ4v) is 2.54. The maximum absolute atomic E-state index is 11.7. The quantitative estimate of drug-likeness (QED) is 0.761. The molecule has 0 aromatic carbocycles. The largest absolute Gasteiger partial charge is 0.488 e. The van der Waals surface area contributed by atoms with Gasteiger partial charge in [-0.05, 0) is 12.5 Å². The molecule has 1 N–H and O–H groups in total. The van der Waals surface area contributed by atoms with E-state index in [0.717, 1.165) is 6.42 Å². The molecule has 5 nitrogen and oxygen atoms in total. The topological polar surface area (TPSA) is 68.3 Å². The van der Waals surface area contributed by atoms with Crippen molar-refractivity contribution in [1.29, 1.82) is 0 Å². The first-order chi connectivity index (χ1) is 7.13. The second kappa shape index (κ2) is 3.79. The number of ether oxygens (including phenoxy) is 1. The summed E-state index contributed by atoms with van der Waals surface area (Å²) in [5.74, 6) is 0.377. The molecule has 2 heterocycles. The summed E-state index contributed by atoms with van der Waals surface area (Å²) in [6.45, 7) is 2.25. The van der Waals surface area contributed by atoms with E-state index in [1.807, 2.05) is 6.92 Å². The Bertz CT molecular complexity index is 458. The summed E-state index contributed by atoms with van der Waals surface area (Å²) in [6.07, 6.45) is 3.45. The van der Waals surface area contributed by atoms with Crippen LogP contribution >= 0.6 is 0 Å². The molecule has 15 heavy (non-hydrogen) atoms. The van der Waals surface area contributed by atoms with Crippen LogP contribution in [0.15, 0.2) is 23.4 Å². The van der Waals surface area contributed by atoms with Gasteiger partial charge in [-0.2, -0.15) is 0 Å². The molecule has 2 rings (SSSR count). The molecule has 0 fully saturated rings. The third-order valence-electron chi connectivity index (χ3n) is 2.29. The number of pyridine rings is 1. The zero-order chi connectivity index (χ0) is 10.9. The molecule has 0 saturated heterocycles. The highest BCUT2D eigenvalue weighted by Crippen LogP contribution is 2.25. The van der Waals surface area contributed by atoms with E-state index < -0.39 is 10.0 Å². The minimum Gasteiger partial charge on any atom is -0.488 e. The van der Waals surface area contributed by atoms with E-state index in [1.54, 1.807) is 6.07 Å². The van der Waals surface area contributed by atoms with Crippen molar-refractivity contribution in [2.45, 2.75) is 24.3 Å². The Morgan fingerprint density at radius 2 is 2.47 bits per heavy atom. The molecule has 0 amide bonds. The van der Waals surface area contributed by atoms with Crippen LogP contribution in [0.25, 0.3) is 0 Å². The van der Waals surface area contributed by atoms with Gasteiger partial charge in [0.25, 0.3) is 0 Å². The first-order valence-electron chi connectivity index (χ1n) is 4.74. The van der Waals surface area contributed by atoms with E-state index in [1.165, 1.54) is 12.4 Å². The number of fused-ring (bicyclic) bond motifs is 1. The Hall–Kier alpha value is -1.14. The lowest BCUT2D eigenvalue weighted by Crippen LogP contribution is -2.31. The summed E-state index contributed by atoms with van der Waals surface area (Å²) >= 11 is 0. The highest BCUT2D eigenvalue weighted by Gasteiger charge is 2.26. The summed E-state index contributed by atoms with van der Waals surface area (Å²) in [4.78, 5) is 3.90. The lowest BCUT2D eigenvalue weighted by atomic mass is 10.3.